The summed E-state index contributed by atoms with van der Waals surface area (Å²) in [4.78, 5) is 26.9. The molecule has 1 aromatic carbocycles. The van der Waals surface area contributed by atoms with E-state index in [1.165, 1.54) is 0 Å². The zero-order valence-electron chi connectivity index (χ0n) is 14.1. The van der Waals surface area contributed by atoms with Crippen LogP contribution >= 0.6 is 0 Å². The predicted octanol–water partition coefficient (Wildman–Crippen LogP) is -0.393. The van der Waals surface area contributed by atoms with Crippen LogP contribution in [0.15, 0.2) is 35.1 Å². The number of sulfone groups is 1. The lowest BCUT2D eigenvalue weighted by atomic mass is 10.2. The van der Waals surface area contributed by atoms with Crippen LogP contribution in [-0.2, 0) is 21.2 Å². The van der Waals surface area contributed by atoms with Gasteiger partial charge in [-0.1, -0.05) is 18.2 Å². The van der Waals surface area contributed by atoms with E-state index in [9.17, 15) is 18.0 Å². The zero-order chi connectivity index (χ0) is 18.3. The molecule has 10 heteroatoms. The second-order valence-corrected chi connectivity index (χ2v) is 8.98. The Morgan fingerprint density at radius 1 is 1.12 bits per heavy atom. The first kappa shape index (κ1) is 17.0. The molecule has 1 amide bonds. The third-order valence-corrected chi connectivity index (χ3v) is 6.51. The number of carbonyl (C=O) groups is 1. The number of para-hydroxylation sites is 1. The Kier molecular flexibility index (Phi) is 4.14. The molecule has 9 nitrogen and oxygen atoms in total. The van der Waals surface area contributed by atoms with Crippen LogP contribution in [0.4, 0.5) is 0 Å². The van der Waals surface area contributed by atoms with Crippen LogP contribution in [0.2, 0.25) is 0 Å². The minimum Gasteiger partial charge on any atom is -0.334 e. The predicted molar refractivity (Wildman–Crippen MR) is 92.5 cm³/mol. The van der Waals surface area contributed by atoms with E-state index in [0.717, 1.165) is 22.2 Å². The Balaban J connectivity index is 1.54. The van der Waals surface area contributed by atoms with Crippen LogP contribution in [0.5, 0.6) is 0 Å². The number of hydrogen-bond acceptors (Lipinski definition) is 6. The molecule has 4 rings (SSSR count). The summed E-state index contributed by atoms with van der Waals surface area (Å²) in [5.41, 5.74) is 0.0662. The van der Waals surface area contributed by atoms with Crippen molar-refractivity contribution in [1.29, 1.82) is 0 Å². The van der Waals surface area contributed by atoms with Crippen molar-refractivity contribution in [2.75, 3.05) is 11.5 Å². The molecule has 2 fully saturated rings. The smallest absolute Gasteiger partial charge is 0.334 e. The summed E-state index contributed by atoms with van der Waals surface area (Å²) >= 11 is 0. The van der Waals surface area contributed by atoms with Gasteiger partial charge in [0.2, 0.25) is 5.91 Å². The Morgan fingerprint density at radius 2 is 1.85 bits per heavy atom. The van der Waals surface area contributed by atoms with Gasteiger partial charge in [-0.2, -0.15) is 9.36 Å². The van der Waals surface area contributed by atoms with Gasteiger partial charge in [-0.15, -0.1) is 0 Å². The van der Waals surface area contributed by atoms with Gasteiger partial charge in [-0.3, -0.25) is 4.79 Å². The summed E-state index contributed by atoms with van der Waals surface area (Å²) in [6.45, 7) is -0.237. The maximum absolute atomic E-state index is 12.8. The molecule has 1 aliphatic carbocycles. The van der Waals surface area contributed by atoms with Gasteiger partial charge < -0.3 is 4.90 Å². The van der Waals surface area contributed by atoms with E-state index in [-0.39, 0.29) is 36.0 Å². The number of benzene rings is 1. The summed E-state index contributed by atoms with van der Waals surface area (Å²) in [7, 11) is -3.09. The monoisotopic (exact) mass is 377 g/mol. The Labute approximate surface area is 150 Å². The van der Waals surface area contributed by atoms with Crippen molar-refractivity contribution in [2.45, 2.75) is 37.9 Å². The highest BCUT2D eigenvalue weighted by molar-refractivity contribution is 7.91. The Morgan fingerprint density at radius 3 is 2.46 bits per heavy atom. The average molecular weight is 377 g/mol. The molecule has 26 heavy (non-hydrogen) atoms. The van der Waals surface area contributed by atoms with Gasteiger partial charge in [0.1, 0.15) is 6.54 Å². The van der Waals surface area contributed by atoms with Gasteiger partial charge in [0.15, 0.2) is 9.84 Å². The lowest BCUT2D eigenvalue weighted by molar-refractivity contribution is -0.134. The van der Waals surface area contributed by atoms with Crippen LogP contribution in [0.25, 0.3) is 5.69 Å². The quantitative estimate of drug-likeness (QED) is 0.702. The molecule has 1 aromatic heterocycles. The fourth-order valence-corrected chi connectivity index (χ4v) is 5.08. The normalized spacial score (nSPS) is 21.6. The van der Waals surface area contributed by atoms with Crippen molar-refractivity contribution >= 4 is 15.7 Å². The largest absolute Gasteiger partial charge is 0.368 e. The number of nitrogens with zero attached hydrogens (tertiary/aromatic N) is 5. The van der Waals surface area contributed by atoms with Crippen molar-refractivity contribution in [3.63, 3.8) is 0 Å². The maximum Gasteiger partial charge on any atom is 0.368 e. The van der Waals surface area contributed by atoms with Crippen LogP contribution in [-0.4, -0.2) is 62.6 Å². The molecule has 0 N–H and O–H groups in total. The number of carbonyl (C=O) groups excluding carboxylic acids is 1. The first-order valence-electron chi connectivity index (χ1n) is 8.54. The van der Waals surface area contributed by atoms with Crippen LogP contribution < -0.4 is 5.69 Å². The van der Waals surface area contributed by atoms with E-state index in [1.54, 1.807) is 29.2 Å². The topological polar surface area (TPSA) is 107 Å². The molecular formula is C16H19N5O4S. The fraction of sp³-hybridized carbons (Fsp3) is 0.500. The third kappa shape index (κ3) is 3.28. The summed E-state index contributed by atoms with van der Waals surface area (Å²) in [5.74, 6) is -0.170. The highest BCUT2D eigenvalue weighted by Crippen LogP contribution is 2.32. The first-order valence-corrected chi connectivity index (χ1v) is 10.4. The molecular weight excluding hydrogens is 358 g/mol. The average Bonchev–Trinajstić information content (AvgIpc) is 3.29. The van der Waals surface area contributed by atoms with Crippen LogP contribution in [0.3, 0.4) is 0 Å². The molecule has 0 spiro atoms. The number of amides is 1. The summed E-state index contributed by atoms with van der Waals surface area (Å²) in [5, 5.41) is 7.63. The molecule has 0 bridgehead atoms. The van der Waals surface area contributed by atoms with E-state index in [1.807, 2.05) is 6.07 Å². The third-order valence-electron chi connectivity index (χ3n) is 4.76. The van der Waals surface area contributed by atoms with Crippen molar-refractivity contribution in [3.8, 4) is 5.69 Å². The SMILES string of the molecule is O=C(Cn1nnn(-c2ccccc2)c1=O)N(C1CC1)C1CCS(=O)(=O)C1. The highest BCUT2D eigenvalue weighted by Gasteiger charge is 2.42. The lowest BCUT2D eigenvalue weighted by Crippen LogP contribution is -2.45. The molecule has 1 aliphatic heterocycles. The summed E-state index contributed by atoms with van der Waals surface area (Å²) in [6, 6.07) is 8.60. The highest BCUT2D eigenvalue weighted by atomic mass is 32.2. The molecule has 1 saturated heterocycles. The van der Waals surface area contributed by atoms with Crippen molar-refractivity contribution in [1.82, 2.24) is 24.7 Å². The summed E-state index contributed by atoms with van der Waals surface area (Å²) in [6.07, 6.45) is 2.19. The van der Waals surface area contributed by atoms with E-state index in [0.29, 0.717) is 12.1 Å². The number of rotatable bonds is 5. The van der Waals surface area contributed by atoms with Gasteiger partial charge in [0.25, 0.3) is 0 Å². The van der Waals surface area contributed by atoms with Crippen molar-refractivity contribution in [2.24, 2.45) is 0 Å². The second kappa shape index (κ2) is 6.35. The maximum atomic E-state index is 12.8. The second-order valence-electron chi connectivity index (χ2n) is 6.76. The minimum absolute atomic E-state index is 0.000838. The molecule has 1 saturated carbocycles. The Bertz CT molecular complexity index is 978. The molecule has 2 aliphatic rings. The van der Waals surface area contributed by atoms with E-state index >= 15 is 0 Å². The minimum atomic E-state index is -3.09. The van der Waals surface area contributed by atoms with Crippen LogP contribution in [0.1, 0.15) is 19.3 Å². The fourth-order valence-electron chi connectivity index (χ4n) is 3.37. The molecule has 2 heterocycles. The molecule has 2 aromatic rings. The van der Waals surface area contributed by atoms with Crippen LogP contribution in [0, 0.1) is 0 Å². The van der Waals surface area contributed by atoms with Gasteiger partial charge >= 0.3 is 5.69 Å². The van der Waals surface area contributed by atoms with Crippen molar-refractivity contribution in [3.05, 3.63) is 40.8 Å². The summed E-state index contributed by atoms with van der Waals surface area (Å²) < 4.78 is 25.7. The zero-order valence-corrected chi connectivity index (χ0v) is 14.9. The van der Waals surface area contributed by atoms with Gasteiger partial charge in [-0.05, 0) is 41.8 Å². The molecule has 1 atom stereocenters. The molecule has 0 radical (unpaired) electrons. The van der Waals surface area contributed by atoms with Gasteiger partial charge in [-0.25, -0.2) is 13.2 Å². The lowest BCUT2D eigenvalue weighted by Gasteiger charge is -2.28. The molecule has 1 unspecified atom stereocenters. The van der Waals surface area contributed by atoms with E-state index in [2.05, 4.69) is 10.4 Å². The first-order chi connectivity index (χ1) is 12.4. The Hall–Kier alpha value is -2.49. The van der Waals surface area contributed by atoms with Gasteiger partial charge in [0, 0.05) is 12.1 Å². The van der Waals surface area contributed by atoms with Crippen molar-refractivity contribution < 1.29 is 13.2 Å². The number of aromatic nitrogens is 4. The number of hydrogen-bond donors (Lipinski definition) is 0. The molecule has 138 valence electrons. The standard InChI is InChI=1S/C16H19N5O4S/c22-15(20(12-6-7-12)14-8-9-26(24,25)11-14)10-19-16(23)21(18-17-19)13-4-2-1-3-5-13/h1-5,12,14H,6-11H2. The number of tetrazole rings is 1. The van der Waals surface area contributed by atoms with E-state index in [4.69, 9.17) is 0 Å². The van der Waals surface area contributed by atoms with E-state index < -0.39 is 15.5 Å². The van der Waals surface area contributed by atoms with Gasteiger partial charge in [0.05, 0.1) is 17.2 Å².